The lowest BCUT2D eigenvalue weighted by Crippen LogP contribution is -2.33. The number of hydrogen-bond acceptors (Lipinski definition) is 15. The van der Waals surface area contributed by atoms with Crippen LogP contribution < -0.4 is 49.0 Å². The molecule has 0 aliphatic carbocycles. The van der Waals surface area contributed by atoms with E-state index >= 15 is 0 Å². The monoisotopic (exact) mass is 1490 g/mol. The third kappa shape index (κ3) is 16.1. The summed E-state index contributed by atoms with van der Waals surface area (Å²) >= 11 is 5.86. The van der Waals surface area contributed by atoms with Gasteiger partial charge in [-0.25, -0.2) is 15.0 Å². The molecule has 0 radical (unpaired) electrons. The van der Waals surface area contributed by atoms with Gasteiger partial charge in [-0.1, -0.05) is 158 Å². The number of benzene rings is 7. The fraction of sp³-hybridized carbons (Fsp3) is 0.114. The molecule has 0 saturated carbocycles. The van der Waals surface area contributed by atoms with Crippen molar-refractivity contribution in [3.8, 4) is 5.88 Å². The van der Waals surface area contributed by atoms with Crippen molar-refractivity contribution in [2.45, 2.75) is 39.7 Å². The highest BCUT2D eigenvalue weighted by atomic mass is 35.5. The second kappa shape index (κ2) is 32.6. The number of anilines is 1. The van der Waals surface area contributed by atoms with E-state index in [4.69, 9.17) is 21.3 Å². The van der Waals surface area contributed by atoms with Gasteiger partial charge in [-0.15, -0.1) is 0 Å². The number of halogens is 1. The lowest BCUT2D eigenvalue weighted by Gasteiger charge is -2.26. The summed E-state index contributed by atoms with van der Waals surface area (Å²) in [6.07, 6.45) is 7.61. The number of nitrogens with zero attached hydrogens (tertiary/aromatic N) is 6. The van der Waals surface area contributed by atoms with E-state index in [0.717, 1.165) is 112 Å². The van der Waals surface area contributed by atoms with Crippen LogP contribution in [0.5, 0.6) is 5.88 Å². The molecule has 0 atom stereocenters. The van der Waals surface area contributed by atoms with E-state index in [1.54, 1.807) is 48.5 Å². The standard InChI is InChI=1S/C19H22N4O.C19H14N2O2.2C13H10N2O.C12H7ClN2O.C12H8N2O2/c24-19-15-7-3-2-6-14(15)18-16(21-19)8-9-17(22-18)20-10-13-23-11-4-1-5-12-23;22-19-15-9-5-4-8-14(15)18-16(20-19)10-11-17(21-18)23-12-13-6-2-1-3-7-13;2*1-8-6-11-12(14-7-8)9-4-2-3-5-10(9)13(16)15-11;13-10-6-5-9-11(15-10)7-3-1-2-4-8(7)12(16)14-9;15-10-6-5-9-11(14-10)7-3-1-2-4-8(7)12(16)13-9/h2-3,6-9H,1,4-5,10-13H2,(H,20,22)(H,21,24);1-11H,12H2,(H,20,22);2*2-7H,1H3,(H,15,16);1-6H,(H,14,16);1-6H,(H,13,16)(H,14,15). The van der Waals surface area contributed by atoms with Gasteiger partial charge in [-0.2, -0.15) is 0 Å². The molecule has 548 valence electrons. The lowest BCUT2D eigenvalue weighted by atomic mass is 10.1. The first-order valence-electron chi connectivity index (χ1n) is 36.1. The van der Waals surface area contributed by atoms with Crippen LogP contribution in [0, 0.1) is 13.8 Å². The number of rotatable bonds is 7. The van der Waals surface area contributed by atoms with Gasteiger partial charge in [0.2, 0.25) is 11.4 Å². The van der Waals surface area contributed by atoms with Gasteiger partial charge >= 0.3 is 0 Å². The first-order chi connectivity index (χ1) is 54.1. The SMILES string of the molecule is Cc1cnc2c(c1)[nH]c(=O)c1ccccc12.Cc1cnc2c(c1)[nH]c(=O)c1ccccc12.O=c1[nH]c2ccc(Cl)nc2c2ccccc12.O=c1[nH]c2ccc(NCCN3CCCCC3)nc2c2ccccc12.O=c1[nH]c2ccc(OCc3ccccc3)nc2c2ccccc12.O=c1ccc2[nH]c(=O)c3ccccc3c2[nH]1. The van der Waals surface area contributed by atoms with Crippen molar-refractivity contribution in [2.75, 3.05) is 31.5 Å². The summed E-state index contributed by atoms with van der Waals surface area (Å²) in [5.41, 5.74) is 11.5. The molecule has 7 aromatic carbocycles. The van der Waals surface area contributed by atoms with Crippen LogP contribution in [0.25, 0.3) is 131 Å². The van der Waals surface area contributed by atoms with E-state index in [1.807, 2.05) is 208 Å². The zero-order valence-corrected chi connectivity index (χ0v) is 60.9. The van der Waals surface area contributed by atoms with E-state index in [1.165, 1.54) is 38.4 Å². The van der Waals surface area contributed by atoms with Crippen LogP contribution in [-0.4, -0.2) is 90.9 Å². The van der Waals surface area contributed by atoms with Gasteiger partial charge in [0.25, 0.3) is 33.4 Å². The summed E-state index contributed by atoms with van der Waals surface area (Å²) in [5.74, 6) is 1.40. The van der Waals surface area contributed by atoms with E-state index in [9.17, 15) is 33.6 Å². The van der Waals surface area contributed by atoms with Crippen LogP contribution in [-0.2, 0) is 6.61 Å². The summed E-state index contributed by atoms with van der Waals surface area (Å²) in [6.45, 7) is 8.73. The number of likely N-dealkylation sites (tertiary alicyclic amines) is 1. The van der Waals surface area contributed by atoms with E-state index < -0.39 is 0 Å². The summed E-state index contributed by atoms with van der Waals surface area (Å²) < 4.78 is 5.78. The number of fused-ring (bicyclic) bond motifs is 18. The van der Waals surface area contributed by atoms with Crippen LogP contribution in [0.1, 0.15) is 36.0 Å². The molecule has 20 rings (SSSR count). The number of aromatic amines is 7. The number of H-pyrrole nitrogens is 7. The van der Waals surface area contributed by atoms with Crippen LogP contribution in [0.2, 0.25) is 5.15 Å². The molecule has 1 fully saturated rings. The van der Waals surface area contributed by atoms with Crippen molar-refractivity contribution < 1.29 is 4.74 Å². The topological polar surface area (TPSA) is 319 Å². The predicted octanol–water partition coefficient (Wildman–Crippen LogP) is 15.5. The Bertz CT molecular complexity index is 7070. The molecule has 23 heteroatoms. The lowest BCUT2D eigenvalue weighted by molar-refractivity contribution is 0.237. The number of piperidine rings is 1. The molecule has 22 nitrogen and oxygen atoms in total. The van der Waals surface area contributed by atoms with Crippen LogP contribution in [0.3, 0.4) is 0 Å². The molecule has 1 aliphatic rings. The van der Waals surface area contributed by atoms with Gasteiger partial charge in [0.05, 0.1) is 66.2 Å². The Hall–Kier alpha value is -14.1. The highest BCUT2D eigenvalue weighted by Gasteiger charge is 2.14. The maximum atomic E-state index is 12.1. The van der Waals surface area contributed by atoms with Crippen molar-refractivity contribution in [1.29, 1.82) is 0 Å². The van der Waals surface area contributed by atoms with Gasteiger partial charge in [-0.3, -0.25) is 43.5 Å². The number of pyridine rings is 12. The maximum absolute atomic E-state index is 12.1. The minimum absolute atomic E-state index is 0.0597. The van der Waals surface area contributed by atoms with Crippen molar-refractivity contribution in [3.05, 3.63) is 343 Å². The Morgan fingerprint density at radius 3 is 1.23 bits per heavy atom. The van der Waals surface area contributed by atoms with E-state index in [2.05, 4.69) is 65.0 Å². The second-order valence-electron chi connectivity index (χ2n) is 26.7. The molecule has 13 heterocycles. The maximum Gasteiger partial charge on any atom is 0.256 e. The number of nitrogens with one attached hydrogen (secondary N) is 8. The Balaban J connectivity index is 0.000000107. The highest BCUT2D eigenvalue weighted by molar-refractivity contribution is 6.30. The Morgan fingerprint density at radius 1 is 0.369 bits per heavy atom. The molecule has 0 bridgehead atoms. The molecule has 1 saturated heterocycles. The third-order valence-electron chi connectivity index (χ3n) is 19.1. The molecule has 111 heavy (non-hydrogen) atoms. The average molecular weight is 1490 g/mol. The Kier molecular flexibility index (Phi) is 21.3. The predicted molar refractivity (Wildman–Crippen MR) is 446 cm³/mol. The van der Waals surface area contributed by atoms with E-state index in [-0.39, 0.29) is 38.9 Å². The fourth-order valence-corrected chi connectivity index (χ4v) is 13.9. The third-order valence-corrected chi connectivity index (χ3v) is 19.3. The Morgan fingerprint density at radius 2 is 0.748 bits per heavy atom. The second-order valence-corrected chi connectivity index (χ2v) is 27.1. The van der Waals surface area contributed by atoms with Crippen molar-refractivity contribution in [3.63, 3.8) is 0 Å². The van der Waals surface area contributed by atoms with Gasteiger partial charge < -0.3 is 49.8 Å². The average Bonchev–Trinajstić information content (AvgIpc) is 0.816. The minimum atomic E-state index is -0.176. The molecule has 8 N–H and O–H groups in total. The van der Waals surface area contributed by atoms with Crippen molar-refractivity contribution in [1.82, 2.24) is 64.7 Å². The van der Waals surface area contributed by atoms with Gasteiger partial charge in [0.1, 0.15) is 17.6 Å². The summed E-state index contributed by atoms with van der Waals surface area (Å²) in [5, 5.41) is 12.9. The Labute approximate surface area is 634 Å². The smallest absolute Gasteiger partial charge is 0.256 e. The summed E-state index contributed by atoms with van der Waals surface area (Å²) in [7, 11) is 0. The normalized spacial score (nSPS) is 12.1. The van der Waals surface area contributed by atoms with Crippen molar-refractivity contribution >= 4 is 148 Å². The first-order valence-corrected chi connectivity index (χ1v) is 36.4. The highest BCUT2D eigenvalue weighted by Crippen LogP contribution is 2.27. The molecular weight excluding hydrogens is 1420 g/mol. The van der Waals surface area contributed by atoms with Crippen LogP contribution in [0.4, 0.5) is 5.82 Å². The largest absolute Gasteiger partial charge is 0.473 e. The zero-order valence-electron chi connectivity index (χ0n) is 60.2. The van der Waals surface area contributed by atoms with Gasteiger partial charge in [0.15, 0.2) is 0 Å². The number of hydrogen-bond donors (Lipinski definition) is 8. The molecule has 12 aromatic heterocycles. The van der Waals surface area contributed by atoms with E-state index in [0.29, 0.717) is 72.0 Å². The molecule has 0 unspecified atom stereocenters. The fourth-order valence-electron chi connectivity index (χ4n) is 13.7. The minimum Gasteiger partial charge on any atom is -0.473 e. The zero-order chi connectivity index (χ0) is 76.5. The summed E-state index contributed by atoms with van der Waals surface area (Å²) in [6, 6.07) is 72.4. The van der Waals surface area contributed by atoms with Gasteiger partial charge in [0, 0.05) is 102 Å². The molecular formula is C88H71ClN14O8. The van der Waals surface area contributed by atoms with Gasteiger partial charge in [-0.05, 0) is 141 Å². The molecule has 1 aliphatic heterocycles. The molecule has 0 amide bonds. The summed E-state index contributed by atoms with van der Waals surface area (Å²) in [4.78, 5) is 127. The van der Waals surface area contributed by atoms with Crippen LogP contribution >= 0.6 is 11.6 Å². The van der Waals surface area contributed by atoms with Crippen molar-refractivity contribution in [2.24, 2.45) is 0 Å². The number of aromatic nitrogens is 12. The molecule has 19 aromatic rings. The first kappa shape index (κ1) is 72.5. The molecule has 0 spiro atoms. The quantitative estimate of drug-likeness (QED) is 0.0543. The van der Waals surface area contributed by atoms with Crippen LogP contribution in [0.15, 0.2) is 283 Å². The number of aryl methyl sites for hydroxylation is 2. The number of ether oxygens (including phenoxy) is 1.